The van der Waals surface area contributed by atoms with Gasteiger partial charge in [-0.05, 0) is 25.1 Å². The zero-order valence-corrected chi connectivity index (χ0v) is 12.9. The summed E-state index contributed by atoms with van der Waals surface area (Å²) in [6.07, 6.45) is 0. The van der Waals surface area contributed by atoms with Crippen LogP contribution in [-0.2, 0) is 11.9 Å². The average molecular weight is 340 g/mol. The molecule has 0 saturated heterocycles. The third-order valence-electron chi connectivity index (χ3n) is 2.76. The fourth-order valence-electron chi connectivity index (χ4n) is 1.84. The molecule has 0 amide bonds. The van der Waals surface area contributed by atoms with E-state index in [4.69, 9.17) is 9.47 Å². The molecule has 106 valence electrons. The summed E-state index contributed by atoms with van der Waals surface area (Å²) in [7, 11) is 1.61. The van der Waals surface area contributed by atoms with Crippen molar-refractivity contribution in [2.45, 2.75) is 18.9 Å². The number of benzene rings is 1. The SMILES string of the molecule is COc1cc(C)nc(COc2ccc(F)cc2CBr)c1. The number of hydrogen-bond donors (Lipinski definition) is 0. The van der Waals surface area contributed by atoms with Crippen molar-refractivity contribution in [1.82, 2.24) is 4.98 Å². The largest absolute Gasteiger partial charge is 0.497 e. The molecule has 5 heteroatoms. The normalized spacial score (nSPS) is 10.4. The van der Waals surface area contributed by atoms with Gasteiger partial charge in [0.25, 0.3) is 0 Å². The van der Waals surface area contributed by atoms with Crippen LogP contribution in [0.25, 0.3) is 0 Å². The lowest BCUT2D eigenvalue weighted by Crippen LogP contribution is -2.02. The fourth-order valence-corrected chi connectivity index (χ4v) is 2.28. The molecule has 0 aliphatic carbocycles. The summed E-state index contributed by atoms with van der Waals surface area (Å²) >= 11 is 3.32. The molecule has 1 aromatic heterocycles. The van der Waals surface area contributed by atoms with Crippen LogP contribution in [-0.4, -0.2) is 12.1 Å². The lowest BCUT2D eigenvalue weighted by Gasteiger charge is -2.11. The summed E-state index contributed by atoms with van der Waals surface area (Å²) in [5.74, 6) is 1.11. The Hall–Kier alpha value is -1.62. The summed E-state index contributed by atoms with van der Waals surface area (Å²) in [5, 5.41) is 0.532. The Morgan fingerprint density at radius 2 is 2.05 bits per heavy atom. The van der Waals surface area contributed by atoms with E-state index >= 15 is 0 Å². The molecule has 3 nitrogen and oxygen atoms in total. The van der Waals surface area contributed by atoms with E-state index in [1.807, 2.05) is 19.1 Å². The number of hydrogen-bond acceptors (Lipinski definition) is 3. The zero-order chi connectivity index (χ0) is 14.5. The first-order valence-electron chi connectivity index (χ1n) is 6.11. The summed E-state index contributed by atoms with van der Waals surface area (Å²) in [6.45, 7) is 2.21. The van der Waals surface area contributed by atoms with Gasteiger partial charge >= 0.3 is 0 Å². The van der Waals surface area contributed by atoms with E-state index in [9.17, 15) is 4.39 Å². The van der Waals surface area contributed by atoms with Crippen molar-refractivity contribution in [3.8, 4) is 11.5 Å². The number of aryl methyl sites for hydroxylation is 1. The first kappa shape index (κ1) is 14.8. The van der Waals surface area contributed by atoms with Crippen LogP contribution in [0.15, 0.2) is 30.3 Å². The van der Waals surface area contributed by atoms with Gasteiger partial charge in [-0.2, -0.15) is 0 Å². The van der Waals surface area contributed by atoms with Crippen LogP contribution < -0.4 is 9.47 Å². The minimum Gasteiger partial charge on any atom is -0.497 e. The monoisotopic (exact) mass is 339 g/mol. The predicted molar refractivity (Wildman–Crippen MR) is 78.9 cm³/mol. The lowest BCUT2D eigenvalue weighted by molar-refractivity contribution is 0.297. The van der Waals surface area contributed by atoms with E-state index < -0.39 is 0 Å². The van der Waals surface area contributed by atoms with Crippen molar-refractivity contribution in [3.63, 3.8) is 0 Å². The van der Waals surface area contributed by atoms with Gasteiger partial charge < -0.3 is 9.47 Å². The molecule has 0 aliphatic rings. The minimum absolute atomic E-state index is 0.276. The number of halogens is 2. The molecule has 1 heterocycles. The second-order valence-corrected chi connectivity index (χ2v) is 4.87. The van der Waals surface area contributed by atoms with Gasteiger partial charge in [-0.1, -0.05) is 15.9 Å². The summed E-state index contributed by atoms with van der Waals surface area (Å²) in [4.78, 5) is 4.38. The van der Waals surface area contributed by atoms with Crippen molar-refractivity contribution >= 4 is 15.9 Å². The standard InChI is InChI=1S/C15H15BrFNO2/c1-10-5-14(19-2)7-13(18-10)9-20-15-4-3-12(17)6-11(15)8-16/h3-7H,8-9H2,1-2H3. The predicted octanol–water partition coefficient (Wildman–Crippen LogP) is 4.01. The lowest BCUT2D eigenvalue weighted by atomic mass is 10.2. The first-order chi connectivity index (χ1) is 9.62. The van der Waals surface area contributed by atoms with Crippen molar-refractivity contribution in [2.24, 2.45) is 0 Å². The van der Waals surface area contributed by atoms with E-state index in [0.29, 0.717) is 17.7 Å². The van der Waals surface area contributed by atoms with Crippen LogP contribution in [0.5, 0.6) is 11.5 Å². The molecule has 0 bridgehead atoms. The summed E-state index contributed by atoms with van der Waals surface area (Å²) in [5.41, 5.74) is 2.40. The highest BCUT2D eigenvalue weighted by atomic mass is 79.9. The van der Waals surface area contributed by atoms with Gasteiger partial charge in [0.2, 0.25) is 0 Å². The Kier molecular flexibility index (Phi) is 4.95. The number of rotatable bonds is 5. The number of methoxy groups -OCH3 is 1. The maximum absolute atomic E-state index is 13.1. The highest BCUT2D eigenvalue weighted by Crippen LogP contribution is 2.23. The molecule has 20 heavy (non-hydrogen) atoms. The van der Waals surface area contributed by atoms with Gasteiger partial charge in [0.15, 0.2) is 0 Å². The molecular formula is C15H15BrFNO2. The number of aromatic nitrogens is 1. The van der Waals surface area contributed by atoms with Crippen molar-refractivity contribution < 1.29 is 13.9 Å². The Bertz CT molecular complexity index is 604. The molecule has 0 spiro atoms. The highest BCUT2D eigenvalue weighted by molar-refractivity contribution is 9.08. The van der Waals surface area contributed by atoms with Crippen LogP contribution in [0.4, 0.5) is 4.39 Å². The topological polar surface area (TPSA) is 31.4 Å². The van der Waals surface area contributed by atoms with Crippen molar-refractivity contribution in [2.75, 3.05) is 7.11 Å². The number of alkyl halides is 1. The zero-order valence-electron chi connectivity index (χ0n) is 11.3. The Labute approximate surface area is 125 Å². The fraction of sp³-hybridized carbons (Fsp3) is 0.267. The van der Waals surface area contributed by atoms with E-state index in [2.05, 4.69) is 20.9 Å². The van der Waals surface area contributed by atoms with Crippen molar-refractivity contribution in [3.05, 3.63) is 53.1 Å². The van der Waals surface area contributed by atoms with Gasteiger partial charge in [0.05, 0.1) is 12.8 Å². The Morgan fingerprint density at radius 1 is 1.25 bits per heavy atom. The van der Waals surface area contributed by atoms with Crippen LogP contribution in [0.2, 0.25) is 0 Å². The molecule has 0 N–H and O–H groups in total. The molecule has 2 aromatic rings. The maximum atomic E-state index is 13.1. The number of nitrogens with zero attached hydrogens (tertiary/aromatic N) is 1. The molecular weight excluding hydrogens is 325 g/mol. The van der Waals surface area contributed by atoms with Gasteiger partial charge in [-0.15, -0.1) is 0 Å². The molecule has 1 aromatic carbocycles. The summed E-state index contributed by atoms with van der Waals surface area (Å²) < 4.78 is 24.0. The smallest absolute Gasteiger partial charge is 0.130 e. The van der Waals surface area contributed by atoms with Gasteiger partial charge in [0.1, 0.15) is 23.9 Å². The third kappa shape index (κ3) is 3.70. The minimum atomic E-state index is -0.276. The number of pyridine rings is 1. The second kappa shape index (κ2) is 6.70. The van der Waals surface area contributed by atoms with Crippen LogP contribution >= 0.6 is 15.9 Å². The molecule has 0 radical (unpaired) electrons. The Balaban J connectivity index is 2.14. The van der Waals surface area contributed by atoms with Crippen LogP contribution in [0.1, 0.15) is 17.0 Å². The third-order valence-corrected chi connectivity index (χ3v) is 3.36. The quantitative estimate of drug-likeness (QED) is 0.771. The molecule has 2 rings (SSSR count). The molecule has 0 aliphatic heterocycles. The van der Waals surface area contributed by atoms with Crippen LogP contribution in [0, 0.1) is 12.7 Å². The van der Waals surface area contributed by atoms with E-state index in [1.165, 1.54) is 12.1 Å². The van der Waals surface area contributed by atoms with Gasteiger partial charge in [-0.25, -0.2) is 4.39 Å². The average Bonchev–Trinajstić information content (AvgIpc) is 2.45. The first-order valence-corrected chi connectivity index (χ1v) is 7.23. The van der Waals surface area contributed by atoms with E-state index in [1.54, 1.807) is 13.2 Å². The molecule has 0 atom stereocenters. The maximum Gasteiger partial charge on any atom is 0.130 e. The molecule has 0 fully saturated rings. The second-order valence-electron chi connectivity index (χ2n) is 4.31. The van der Waals surface area contributed by atoms with E-state index in [0.717, 1.165) is 22.7 Å². The summed E-state index contributed by atoms with van der Waals surface area (Å²) in [6, 6.07) is 8.13. The van der Waals surface area contributed by atoms with E-state index in [-0.39, 0.29) is 5.82 Å². The number of ether oxygens (including phenoxy) is 2. The van der Waals surface area contributed by atoms with Gasteiger partial charge in [-0.3, -0.25) is 4.98 Å². The molecule has 0 saturated carbocycles. The highest BCUT2D eigenvalue weighted by Gasteiger charge is 2.06. The Morgan fingerprint density at radius 3 is 2.75 bits per heavy atom. The van der Waals surface area contributed by atoms with Crippen LogP contribution in [0.3, 0.4) is 0 Å². The van der Waals surface area contributed by atoms with Gasteiger partial charge in [0, 0.05) is 28.7 Å². The molecule has 0 unspecified atom stereocenters. The van der Waals surface area contributed by atoms with Crippen molar-refractivity contribution in [1.29, 1.82) is 0 Å².